The van der Waals surface area contributed by atoms with Gasteiger partial charge in [-0.3, -0.25) is 0 Å². The van der Waals surface area contributed by atoms with Crippen LogP contribution in [-0.2, 0) is 10.2 Å². The van der Waals surface area contributed by atoms with Crippen molar-refractivity contribution in [2.75, 3.05) is 17.2 Å². The molecule has 2 N–H and O–H groups in total. The first-order chi connectivity index (χ1) is 13.8. The molecule has 0 saturated heterocycles. The van der Waals surface area contributed by atoms with E-state index in [2.05, 4.69) is 53.5 Å². The largest absolute Gasteiger partial charge is 0.462 e. The lowest BCUT2D eigenvalue weighted by molar-refractivity contribution is 0.0526. The molecule has 29 heavy (non-hydrogen) atoms. The van der Waals surface area contributed by atoms with Crippen LogP contribution in [0.2, 0.25) is 0 Å². The Morgan fingerprint density at radius 3 is 2.17 bits per heavy atom. The first kappa shape index (κ1) is 20.3. The summed E-state index contributed by atoms with van der Waals surface area (Å²) in [5.74, 6) is 0.824. The van der Waals surface area contributed by atoms with Gasteiger partial charge >= 0.3 is 5.97 Å². The summed E-state index contributed by atoms with van der Waals surface area (Å²) in [6, 6.07) is 17.1. The van der Waals surface area contributed by atoms with E-state index in [0.29, 0.717) is 23.9 Å². The molecule has 0 aliphatic rings. The highest BCUT2D eigenvalue weighted by Crippen LogP contribution is 2.24. The van der Waals surface area contributed by atoms with Crippen LogP contribution in [0.4, 0.5) is 23.1 Å². The van der Waals surface area contributed by atoms with Crippen LogP contribution in [0.5, 0.6) is 0 Å². The second-order valence-electron chi connectivity index (χ2n) is 7.64. The topological polar surface area (TPSA) is 76.1 Å². The second-order valence-corrected chi connectivity index (χ2v) is 7.64. The van der Waals surface area contributed by atoms with E-state index in [1.807, 2.05) is 24.3 Å². The number of rotatable bonds is 6. The van der Waals surface area contributed by atoms with Gasteiger partial charge in [0.2, 0.25) is 5.95 Å². The van der Waals surface area contributed by atoms with Crippen LogP contribution in [0.1, 0.15) is 43.6 Å². The quantitative estimate of drug-likeness (QED) is 0.546. The van der Waals surface area contributed by atoms with Crippen molar-refractivity contribution in [3.8, 4) is 0 Å². The second kappa shape index (κ2) is 8.73. The van der Waals surface area contributed by atoms with E-state index in [9.17, 15) is 4.79 Å². The zero-order valence-corrected chi connectivity index (χ0v) is 17.2. The van der Waals surface area contributed by atoms with Gasteiger partial charge in [-0.15, -0.1) is 0 Å². The van der Waals surface area contributed by atoms with E-state index in [4.69, 9.17) is 4.74 Å². The number of ether oxygens (including phenoxy) is 1. The highest BCUT2D eigenvalue weighted by atomic mass is 16.5. The van der Waals surface area contributed by atoms with Gasteiger partial charge in [0.1, 0.15) is 5.82 Å². The Morgan fingerprint density at radius 1 is 0.931 bits per heavy atom. The number of hydrogen-bond acceptors (Lipinski definition) is 6. The predicted octanol–water partition coefficient (Wildman–Crippen LogP) is 5.44. The van der Waals surface area contributed by atoms with Crippen molar-refractivity contribution in [1.29, 1.82) is 0 Å². The van der Waals surface area contributed by atoms with Crippen molar-refractivity contribution in [2.45, 2.75) is 33.1 Å². The normalized spacial score (nSPS) is 11.0. The van der Waals surface area contributed by atoms with Crippen LogP contribution in [0, 0.1) is 0 Å². The highest BCUT2D eigenvalue weighted by molar-refractivity contribution is 5.89. The molecule has 6 nitrogen and oxygen atoms in total. The van der Waals surface area contributed by atoms with E-state index < -0.39 is 0 Å². The Morgan fingerprint density at radius 2 is 1.55 bits per heavy atom. The lowest BCUT2D eigenvalue weighted by Crippen LogP contribution is -2.10. The molecule has 2 aromatic carbocycles. The van der Waals surface area contributed by atoms with Crippen molar-refractivity contribution >= 4 is 29.1 Å². The number of aromatic nitrogens is 2. The molecule has 0 fully saturated rings. The summed E-state index contributed by atoms with van der Waals surface area (Å²) in [6.07, 6.45) is 1.69. The molecular weight excluding hydrogens is 364 g/mol. The maximum absolute atomic E-state index is 11.7. The van der Waals surface area contributed by atoms with Gasteiger partial charge in [-0.1, -0.05) is 32.9 Å². The van der Waals surface area contributed by atoms with Gasteiger partial charge in [-0.2, -0.15) is 4.98 Å². The summed E-state index contributed by atoms with van der Waals surface area (Å²) in [7, 11) is 0. The molecular formula is C23H26N4O2. The highest BCUT2D eigenvalue weighted by Gasteiger charge is 2.13. The minimum absolute atomic E-state index is 0.113. The van der Waals surface area contributed by atoms with Crippen LogP contribution in [-0.4, -0.2) is 22.5 Å². The zero-order chi connectivity index (χ0) is 20.9. The van der Waals surface area contributed by atoms with Gasteiger partial charge in [0.05, 0.1) is 12.2 Å². The number of hydrogen-bond donors (Lipinski definition) is 2. The van der Waals surface area contributed by atoms with Gasteiger partial charge in [0, 0.05) is 17.6 Å². The molecule has 1 heterocycles. The molecule has 0 aliphatic carbocycles. The first-order valence-electron chi connectivity index (χ1n) is 9.60. The molecule has 3 rings (SSSR count). The van der Waals surface area contributed by atoms with Gasteiger partial charge in [-0.25, -0.2) is 9.78 Å². The fourth-order valence-electron chi connectivity index (χ4n) is 2.72. The number of benzene rings is 2. The van der Waals surface area contributed by atoms with Gasteiger partial charge in [-0.05, 0) is 60.4 Å². The average Bonchev–Trinajstić information content (AvgIpc) is 2.69. The molecule has 0 aliphatic heterocycles. The smallest absolute Gasteiger partial charge is 0.338 e. The summed E-state index contributed by atoms with van der Waals surface area (Å²) in [5.41, 5.74) is 3.64. The van der Waals surface area contributed by atoms with E-state index in [1.165, 1.54) is 5.56 Å². The molecule has 0 radical (unpaired) electrons. The van der Waals surface area contributed by atoms with E-state index in [-0.39, 0.29) is 11.4 Å². The van der Waals surface area contributed by atoms with Crippen LogP contribution < -0.4 is 10.6 Å². The standard InChI is InChI=1S/C23H26N4O2/c1-5-29-21(28)16-6-10-18(11-7-16)25-20-14-15-24-22(27-20)26-19-12-8-17(9-13-19)23(2,3)4/h6-15H,5H2,1-4H3,(H2,24,25,26,27). The first-order valence-corrected chi connectivity index (χ1v) is 9.60. The Balaban J connectivity index is 1.67. The van der Waals surface area contributed by atoms with Crippen molar-refractivity contribution in [3.05, 3.63) is 71.9 Å². The lowest BCUT2D eigenvalue weighted by Gasteiger charge is -2.19. The number of carbonyl (C=O) groups excluding carboxylic acids is 1. The summed E-state index contributed by atoms with van der Waals surface area (Å²) in [4.78, 5) is 20.5. The minimum atomic E-state index is -0.329. The monoisotopic (exact) mass is 390 g/mol. The molecule has 0 amide bonds. The summed E-state index contributed by atoms with van der Waals surface area (Å²) >= 11 is 0. The van der Waals surface area contributed by atoms with E-state index >= 15 is 0 Å². The minimum Gasteiger partial charge on any atom is -0.462 e. The Bertz CT molecular complexity index is 961. The number of nitrogens with one attached hydrogen (secondary N) is 2. The van der Waals surface area contributed by atoms with Crippen LogP contribution in [0.15, 0.2) is 60.8 Å². The third kappa shape index (κ3) is 5.54. The maximum Gasteiger partial charge on any atom is 0.338 e. The Hall–Kier alpha value is -3.41. The molecule has 0 spiro atoms. The van der Waals surface area contributed by atoms with Crippen molar-refractivity contribution in [1.82, 2.24) is 9.97 Å². The third-order valence-corrected chi connectivity index (χ3v) is 4.33. The molecule has 1 aromatic heterocycles. The fraction of sp³-hybridized carbons (Fsp3) is 0.261. The SMILES string of the molecule is CCOC(=O)c1ccc(Nc2ccnc(Nc3ccc(C(C)(C)C)cc3)n2)cc1. The fourth-order valence-corrected chi connectivity index (χ4v) is 2.72. The summed E-state index contributed by atoms with van der Waals surface area (Å²) in [6.45, 7) is 8.70. The number of anilines is 4. The van der Waals surface area contributed by atoms with Gasteiger partial charge < -0.3 is 15.4 Å². The average molecular weight is 390 g/mol. The molecule has 3 aromatic rings. The third-order valence-electron chi connectivity index (χ3n) is 4.33. The zero-order valence-electron chi connectivity index (χ0n) is 17.2. The Labute approximate surface area is 171 Å². The van der Waals surface area contributed by atoms with Gasteiger partial charge in [0.25, 0.3) is 0 Å². The number of carbonyl (C=O) groups is 1. The van der Waals surface area contributed by atoms with Gasteiger partial charge in [0.15, 0.2) is 0 Å². The van der Waals surface area contributed by atoms with E-state index in [1.54, 1.807) is 31.3 Å². The van der Waals surface area contributed by atoms with Crippen LogP contribution in [0.3, 0.4) is 0 Å². The van der Waals surface area contributed by atoms with Crippen LogP contribution in [0.25, 0.3) is 0 Å². The molecule has 6 heteroatoms. The predicted molar refractivity (Wildman–Crippen MR) is 116 cm³/mol. The lowest BCUT2D eigenvalue weighted by atomic mass is 9.87. The summed E-state index contributed by atoms with van der Waals surface area (Å²) < 4.78 is 5.00. The molecule has 0 bridgehead atoms. The summed E-state index contributed by atoms with van der Waals surface area (Å²) in [5, 5.41) is 6.44. The van der Waals surface area contributed by atoms with Crippen molar-refractivity contribution in [3.63, 3.8) is 0 Å². The number of nitrogens with zero attached hydrogens (tertiary/aromatic N) is 2. The van der Waals surface area contributed by atoms with Crippen LogP contribution >= 0.6 is 0 Å². The van der Waals surface area contributed by atoms with E-state index in [0.717, 1.165) is 11.4 Å². The molecule has 0 unspecified atom stereocenters. The molecule has 0 saturated carbocycles. The van der Waals surface area contributed by atoms with Crippen molar-refractivity contribution < 1.29 is 9.53 Å². The van der Waals surface area contributed by atoms with Crippen molar-refractivity contribution in [2.24, 2.45) is 0 Å². The maximum atomic E-state index is 11.7. The Kier molecular flexibility index (Phi) is 6.12. The molecule has 0 atom stereocenters. The number of esters is 1. The molecule has 150 valence electrons.